The second-order valence-electron chi connectivity index (χ2n) is 3.36. The van der Waals surface area contributed by atoms with Gasteiger partial charge in [-0.3, -0.25) is 0 Å². The Morgan fingerprint density at radius 1 is 1.47 bits per heavy atom. The summed E-state index contributed by atoms with van der Waals surface area (Å²) < 4.78 is 1.94. The molecule has 0 aliphatic heterocycles. The molecular weight excluding hydrogens is 190 g/mol. The van der Waals surface area contributed by atoms with Gasteiger partial charge in [-0.2, -0.15) is 0 Å². The number of benzene rings is 1. The molecule has 1 heterocycles. The minimum atomic E-state index is 0.235. The normalized spacial score (nSPS) is 10.5. The molecule has 0 radical (unpaired) electrons. The number of aryl methyl sites for hydroxylation is 1. The lowest BCUT2D eigenvalue weighted by Crippen LogP contribution is -2.00. The summed E-state index contributed by atoms with van der Waals surface area (Å²) in [6.45, 7) is 2.25. The molecule has 15 heavy (non-hydrogen) atoms. The van der Waals surface area contributed by atoms with Crippen LogP contribution in [0.3, 0.4) is 0 Å². The van der Waals surface area contributed by atoms with E-state index >= 15 is 0 Å². The van der Waals surface area contributed by atoms with Crippen molar-refractivity contribution in [1.82, 2.24) is 9.55 Å². The predicted octanol–water partition coefficient (Wildman–Crippen LogP) is 1.35. The average Bonchev–Trinajstić information content (AvgIpc) is 2.65. The van der Waals surface area contributed by atoms with E-state index in [2.05, 4.69) is 4.98 Å². The van der Waals surface area contributed by atoms with Gasteiger partial charge >= 0.3 is 0 Å². The maximum Gasteiger partial charge on any atom is 0.120 e. The third kappa shape index (κ3) is 1.71. The highest BCUT2D eigenvalue weighted by Gasteiger charge is 2.04. The molecule has 0 fully saturated rings. The van der Waals surface area contributed by atoms with Crippen LogP contribution in [-0.2, 0) is 6.54 Å². The Morgan fingerprint density at radius 2 is 2.27 bits per heavy atom. The number of imidazole rings is 1. The minimum absolute atomic E-state index is 0.235. The fraction of sp³-hybridized carbons (Fsp3) is 0.182. The fourth-order valence-corrected chi connectivity index (χ4v) is 1.54. The number of phenols is 1. The topological polar surface area (TPSA) is 64.1 Å². The molecule has 1 aromatic carbocycles. The maximum absolute atomic E-state index is 9.50. The lowest BCUT2D eigenvalue weighted by molar-refractivity contribution is 0.468. The van der Waals surface area contributed by atoms with E-state index in [9.17, 15) is 5.11 Å². The molecule has 3 N–H and O–H groups in total. The van der Waals surface area contributed by atoms with Gasteiger partial charge in [-0.05, 0) is 25.1 Å². The van der Waals surface area contributed by atoms with E-state index < -0.39 is 0 Å². The van der Waals surface area contributed by atoms with Crippen LogP contribution >= 0.6 is 0 Å². The lowest BCUT2D eigenvalue weighted by Gasteiger charge is -2.08. The molecule has 0 atom stereocenters. The summed E-state index contributed by atoms with van der Waals surface area (Å²) in [4.78, 5) is 4.14. The van der Waals surface area contributed by atoms with Crippen LogP contribution in [0, 0.1) is 6.92 Å². The first kappa shape index (κ1) is 9.73. The molecule has 4 heteroatoms. The van der Waals surface area contributed by atoms with Gasteiger partial charge in [-0.15, -0.1) is 0 Å². The SMILES string of the molecule is Cc1nccn1-c1ccc(O)c(CN)c1. The minimum Gasteiger partial charge on any atom is -0.508 e. The number of aromatic hydroxyl groups is 1. The number of nitrogens with two attached hydrogens (primary N) is 1. The van der Waals surface area contributed by atoms with E-state index in [0.717, 1.165) is 17.1 Å². The van der Waals surface area contributed by atoms with Gasteiger partial charge in [0.05, 0.1) is 0 Å². The summed E-state index contributed by atoms with van der Waals surface area (Å²) >= 11 is 0. The third-order valence-corrected chi connectivity index (χ3v) is 2.39. The van der Waals surface area contributed by atoms with Gasteiger partial charge in [0.25, 0.3) is 0 Å². The Morgan fingerprint density at radius 3 is 2.87 bits per heavy atom. The lowest BCUT2D eigenvalue weighted by atomic mass is 10.2. The first-order valence-electron chi connectivity index (χ1n) is 4.74. The summed E-state index contributed by atoms with van der Waals surface area (Å²) in [6, 6.07) is 5.35. The largest absolute Gasteiger partial charge is 0.508 e. The Hall–Kier alpha value is -1.81. The number of nitrogens with zero attached hydrogens (tertiary/aromatic N) is 2. The second kappa shape index (κ2) is 3.74. The Balaban J connectivity index is 2.51. The highest BCUT2D eigenvalue weighted by Crippen LogP contribution is 2.20. The molecule has 0 aliphatic carbocycles. The van der Waals surface area contributed by atoms with Crippen LogP contribution in [0.25, 0.3) is 5.69 Å². The molecule has 0 saturated heterocycles. The quantitative estimate of drug-likeness (QED) is 0.774. The third-order valence-electron chi connectivity index (χ3n) is 2.39. The van der Waals surface area contributed by atoms with Gasteiger partial charge in [0.1, 0.15) is 11.6 Å². The van der Waals surface area contributed by atoms with Crippen molar-refractivity contribution in [2.24, 2.45) is 5.73 Å². The van der Waals surface area contributed by atoms with Crippen molar-refractivity contribution in [3.63, 3.8) is 0 Å². The molecule has 0 amide bonds. The molecular formula is C11H13N3O. The zero-order valence-electron chi connectivity index (χ0n) is 8.51. The highest BCUT2D eigenvalue weighted by molar-refractivity contribution is 5.44. The first-order valence-corrected chi connectivity index (χ1v) is 4.74. The van der Waals surface area contributed by atoms with E-state index in [-0.39, 0.29) is 5.75 Å². The van der Waals surface area contributed by atoms with Crippen molar-refractivity contribution in [2.45, 2.75) is 13.5 Å². The summed E-state index contributed by atoms with van der Waals surface area (Å²) in [5, 5.41) is 9.50. The van der Waals surface area contributed by atoms with Crippen molar-refractivity contribution in [1.29, 1.82) is 0 Å². The molecule has 4 nitrogen and oxygen atoms in total. The molecule has 2 rings (SSSR count). The first-order chi connectivity index (χ1) is 7.22. The van der Waals surface area contributed by atoms with E-state index in [1.54, 1.807) is 12.3 Å². The van der Waals surface area contributed by atoms with E-state index in [0.29, 0.717) is 6.54 Å². The number of hydrogen-bond donors (Lipinski definition) is 2. The van der Waals surface area contributed by atoms with Crippen LogP contribution < -0.4 is 5.73 Å². The van der Waals surface area contributed by atoms with Gasteiger partial charge < -0.3 is 15.4 Å². The van der Waals surface area contributed by atoms with Crippen molar-refractivity contribution in [2.75, 3.05) is 0 Å². The van der Waals surface area contributed by atoms with Gasteiger partial charge in [0.2, 0.25) is 0 Å². The van der Waals surface area contributed by atoms with Gasteiger partial charge in [0, 0.05) is 30.2 Å². The van der Waals surface area contributed by atoms with Crippen molar-refractivity contribution in [3.8, 4) is 11.4 Å². The molecule has 1 aromatic heterocycles. The van der Waals surface area contributed by atoms with E-state index in [1.807, 2.05) is 29.8 Å². The molecule has 0 aliphatic rings. The van der Waals surface area contributed by atoms with Gasteiger partial charge in [-0.25, -0.2) is 4.98 Å². The molecule has 0 saturated carbocycles. The van der Waals surface area contributed by atoms with E-state index in [1.165, 1.54) is 0 Å². The zero-order valence-corrected chi connectivity index (χ0v) is 8.51. The molecule has 78 valence electrons. The van der Waals surface area contributed by atoms with Gasteiger partial charge in [-0.1, -0.05) is 0 Å². The Bertz CT molecular complexity index is 476. The van der Waals surface area contributed by atoms with Crippen molar-refractivity contribution >= 4 is 0 Å². The Kier molecular flexibility index (Phi) is 2.43. The highest BCUT2D eigenvalue weighted by atomic mass is 16.3. The summed E-state index contributed by atoms with van der Waals surface area (Å²) in [7, 11) is 0. The maximum atomic E-state index is 9.50. The average molecular weight is 203 g/mol. The molecule has 2 aromatic rings. The van der Waals surface area contributed by atoms with Crippen LogP contribution in [-0.4, -0.2) is 14.7 Å². The number of phenolic OH excluding ortho intramolecular Hbond substituents is 1. The molecule has 0 unspecified atom stereocenters. The molecule has 0 bridgehead atoms. The van der Waals surface area contributed by atoms with Crippen molar-refractivity contribution in [3.05, 3.63) is 42.0 Å². The van der Waals surface area contributed by atoms with Crippen LogP contribution in [0.15, 0.2) is 30.6 Å². The van der Waals surface area contributed by atoms with Crippen LogP contribution in [0.1, 0.15) is 11.4 Å². The monoisotopic (exact) mass is 203 g/mol. The second-order valence-corrected chi connectivity index (χ2v) is 3.36. The fourth-order valence-electron chi connectivity index (χ4n) is 1.54. The van der Waals surface area contributed by atoms with Crippen LogP contribution in [0.2, 0.25) is 0 Å². The van der Waals surface area contributed by atoms with E-state index in [4.69, 9.17) is 5.73 Å². The summed E-state index contributed by atoms with van der Waals surface area (Å²) in [5.41, 5.74) is 7.22. The standard InChI is InChI=1S/C11H13N3O/c1-8-13-4-5-14(8)10-2-3-11(15)9(6-10)7-12/h2-6,15H,7,12H2,1H3. The number of rotatable bonds is 2. The zero-order chi connectivity index (χ0) is 10.8. The van der Waals surface area contributed by atoms with Crippen molar-refractivity contribution < 1.29 is 5.11 Å². The predicted molar refractivity (Wildman–Crippen MR) is 57.9 cm³/mol. The Labute approximate surface area is 88.0 Å². The number of hydrogen-bond acceptors (Lipinski definition) is 3. The van der Waals surface area contributed by atoms with Crippen LogP contribution in [0.4, 0.5) is 0 Å². The summed E-state index contributed by atoms with van der Waals surface area (Å²) in [5.74, 6) is 1.14. The van der Waals surface area contributed by atoms with Crippen LogP contribution in [0.5, 0.6) is 5.75 Å². The smallest absolute Gasteiger partial charge is 0.120 e. The summed E-state index contributed by atoms with van der Waals surface area (Å²) in [6.07, 6.45) is 3.62. The molecule has 0 spiro atoms. The number of aromatic nitrogens is 2. The van der Waals surface area contributed by atoms with Gasteiger partial charge in [0.15, 0.2) is 0 Å².